The van der Waals surface area contributed by atoms with Crippen LogP contribution in [0.2, 0.25) is 0 Å². The first-order valence-corrected chi connectivity index (χ1v) is 40.1. The van der Waals surface area contributed by atoms with Crippen LogP contribution in [-0.2, 0) is 156 Å². The molecule has 0 aromatic heterocycles. The second-order valence-electron chi connectivity index (χ2n) is 23.4. The van der Waals surface area contributed by atoms with Gasteiger partial charge in [0.15, 0.2) is 11.5 Å². The zero-order valence-electron chi connectivity index (χ0n) is 69.8. The third kappa shape index (κ3) is 82.8. The summed E-state index contributed by atoms with van der Waals surface area (Å²) in [6, 6.07) is 1.41. The predicted molar refractivity (Wildman–Crippen MR) is 415 cm³/mol. The summed E-state index contributed by atoms with van der Waals surface area (Å²) < 4.78 is 200. The SMILES string of the molecule is COCCOCCOCCOCCOCCOCCOCCOCCOCCOCCOCCOc1cc(C(=O)O)c(C)c(OCCOCCOCCOCCOCCOCCOCCOCCOCCOCCOCCOC)c1OCCOCCOCCOCCOCCOCCOCCOCCOCCOCCOCCOC. The number of rotatable bonds is 103. The predicted octanol–water partition coefficient (Wildman–Crippen LogP) is 2.27. The summed E-state index contributed by atoms with van der Waals surface area (Å²) >= 11 is 0. The number of carboxylic acids is 1. The molecule has 682 valence electrons. The number of aromatic carboxylic acids is 1. The molecular weight excluding hydrogens is 1530 g/mol. The van der Waals surface area contributed by atoms with E-state index in [1.54, 1.807) is 28.3 Å². The van der Waals surface area contributed by atoms with E-state index in [0.29, 0.717) is 382 Å². The van der Waals surface area contributed by atoms with Crippen molar-refractivity contribution in [3.8, 4) is 17.2 Å². The molecule has 1 rings (SSSR count). The van der Waals surface area contributed by atoms with Crippen LogP contribution in [0.25, 0.3) is 0 Å². The molecule has 115 heavy (non-hydrogen) atoms. The standard InChI is InChI=1S/C77H146O38/c1-72-73(77(78)79)71-74(113-68-65-110-62-59-107-56-53-104-50-47-101-44-41-98-38-35-95-32-29-92-26-23-89-20-17-86-14-11-83-8-5-80-2)76(115-70-67-112-64-61-109-58-55-106-52-49-103-46-43-100-40-37-97-34-31-94-28-25-91-22-19-88-16-13-85-10-7-82-4)75(72)114-69-66-111-63-60-108-57-54-105-51-48-102-45-42-99-39-36-96-33-30-93-27-24-90-21-18-87-15-12-84-9-6-81-3/h71H,5-70H2,1-4H3,(H,78,79). The number of hydrogen-bond donors (Lipinski definition) is 1. The minimum atomic E-state index is -1.17. The fraction of sp³-hybridized carbons (Fsp3) is 0.909. The van der Waals surface area contributed by atoms with E-state index in [1.165, 1.54) is 6.07 Å². The van der Waals surface area contributed by atoms with Gasteiger partial charge in [0.1, 0.15) is 19.8 Å². The minimum absolute atomic E-state index is 0.0265. The maximum atomic E-state index is 12.5. The van der Waals surface area contributed by atoms with E-state index in [4.69, 9.17) is 171 Å². The molecule has 1 N–H and O–H groups in total. The number of carboxylic acid groups (broad SMARTS) is 1. The van der Waals surface area contributed by atoms with Gasteiger partial charge < -0.3 is 176 Å². The van der Waals surface area contributed by atoms with Gasteiger partial charge in [0.05, 0.1) is 422 Å². The molecule has 0 radical (unpaired) electrons. The minimum Gasteiger partial charge on any atom is -0.487 e. The van der Waals surface area contributed by atoms with E-state index in [2.05, 4.69) is 0 Å². The summed E-state index contributed by atoms with van der Waals surface area (Å²) in [5.41, 5.74) is 0.314. The highest BCUT2D eigenvalue weighted by Gasteiger charge is 2.24. The smallest absolute Gasteiger partial charge is 0.336 e. The number of ether oxygens (including phenoxy) is 36. The number of methoxy groups -OCH3 is 3. The van der Waals surface area contributed by atoms with Crippen LogP contribution in [0, 0.1) is 6.92 Å². The summed E-state index contributed by atoms with van der Waals surface area (Å²) in [4.78, 5) is 12.5. The van der Waals surface area contributed by atoms with Gasteiger partial charge in [-0.15, -0.1) is 0 Å². The number of carbonyl (C=O) groups is 1. The second-order valence-corrected chi connectivity index (χ2v) is 23.4. The average Bonchev–Trinajstić information content (AvgIpc) is 0.795. The molecule has 0 aliphatic carbocycles. The molecule has 0 saturated heterocycles. The van der Waals surface area contributed by atoms with Crippen molar-refractivity contribution >= 4 is 5.97 Å². The van der Waals surface area contributed by atoms with E-state index in [1.807, 2.05) is 0 Å². The molecular formula is C77H146O38. The Kier molecular flexibility index (Phi) is 91.9. The Morgan fingerprint density at radius 1 is 0.191 bits per heavy atom. The normalized spacial score (nSPS) is 11.7. The van der Waals surface area contributed by atoms with Gasteiger partial charge in [0, 0.05) is 26.9 Å². The van der Waals surface area contributed by atoms with Crippen LogP contribution in [0.1, 0.15) is 15.9 Å². The first kappa shape index (κ1) is 110. The Balaban J connectivity index is 2.33. The number of benzene rings is 1. The van der Waals surface area contributed by atoms with Crippen molar-refractivity contribution in [1.29, 1.82) is 0 Å². The molecule has 0 aliphatic heterocycles. The lowest BCUT2D eigenvalue weighted by Crippen LogP contribution is -2.17. The quantitative estimate of drug-likeness (QED) is 0.0914. The molecule has 0 amide bonds. The Morgan fingerprint density at radius 3 is 0.452 bits per heavy atom. The third-order valence-corrected chi connectivity index (χ3v) is 14.5. The Bertz CT molecular complexity index is 2050. The van der Waals surface area contributed by atoms with Gasteiger partial charge in [0.25, 0.3) is 0 Å². The van der Waals surface area contributed by atoms with E-state index in [0.717, 1.165) is 0 Å². The van der Waals surface area contributed by atoms with Crippen molar-refractivity contribution in [3.05, 3.63) is 17.2 Å². The van der Waals surface area contributed by atoms with Gasteiger partial charge in [-0.3, -0.25) is 0 Å². The van der Waals surface area contributed by atoms with Gasteiger partial charge in [-0.2, -0.15) is 0 Å². The molecule has 1 aromatic rings. The Morgan fingerprint density at radius 2 is 0.313 bits per heavy atom. The van der Waals surface area contributed by atoms with Crippen molar-refractivity contribution in [2.24, 2.45) is 0 Å². The van der Waals surface area contributed by atoms with Crippen LogP contribution >= 0.6 is 0 Å². The van der Waals surface area contributed by atoms with Crippen LogP contribution < -0.4 is 14.2 Å². The summed E-state index contributed by atoms with van der Waals surface area (Å²) in [6.45, 7) is 29.5. The topological polar surface area (TPSA) is 370 Å². The molecule has 0 spiro atoms. The van der Waals surface area contributed by atoms with E-state index in [-0.39, 0.29) is 82.3 Å². The molecule has 38 heteroatoms. The largest absolute Gasteiger partial charge is 0.487 e. The van der Waals surface area contributed by atoms with Crippen LogP contribution in [0.4, 0.5) is 0 Å². The summed E-state index contributed by atoms with van der Waals surface area (Å²) in [5, 5.41) is 10.2. The lowest BCUT2D eigenvalue weighted by atomic mass is 10.1. The van der Waals surface area contributed by atoms with E-state index < -0.39 is 5.97 Å². The zero-order chi connectivity index (χ0) is 82.3. The molecule has 0 bridgehead atoms. The average molecular weight is 1680 g/mol. The highest BCUT2D eigenvalue weighted by Crippen LogP contribution is 2.42. The molecule has 0 unspecified atom stereocenters. The summed E-state index contributed by atoms with van der Waals surface area (Å²) in [5.74, 6) is -0.621. The first-order chi connectivity index (χ1) is 57.1. The molecule has 38 nitrogen and oxygen atoms in total. The van der Waals surface area contributed by atoms with Crippen LogP contribution in [-0.4, -0.2) is 468 Å². The molecule has 0 saturated carbocycles. The highest BCUT2D eigenvalue weighted by molar-refractivity contribution is 5.91. The fourth-order valence-corrected chi connectivity index (χ4v) is 8.64. The van der Waals surface area contributed by atoms with Gasteiger partial charge >= 0.3 is 5.97 Å². The van der Waals surface area contributed by atoms with E-state index in [9.17, 15) is 9.90 Å². The zero-order valence-corrected chi connectivity index (χ0v) is 69.8. The number of hydrogen-bond acceptors (Lipinski definition) is 37. The molecule has 0 fully saturated rings. The van der Waals surface area contributed by atoms with Crippen molar-refractivity contribution in [3.63, 3.8) is 0 Å². The van der Waals surface area contributed by atoms with Gasteiger partial charge in [-0.1, -0.05) is 0 Å². The molecule has 0 heterocycles. The Labute approximate surface area is 682 Å². The molecule has 1 aromatic carbocycles. The van der Waals surface area contributed by atoms with Gasteiger partial charge in [-0.25, -0.2) is 4.79 Å². The molecule has 0 atom stereocenters. The van der Waals surface area contributed by atoms with Crippen LogP contribution in [0.3, 0.4) is 0 Å². The summed E-state index contributed by atoms with van der Waals surface area (Å²) in [7, 11) is 4.91. The van der Waals surface area contributed by atoms with Crippen molar-refractivity contribution < 1.29 is 180 Å². The van der Waals surface area contributed by atoms with Crippen molar-refractivity contribution in [1.82, 2.24) is 0 Å². The lowest BCUT2D eigenvalue weighted by molar-refractivity contribution is -0.0274. The van der Waals surface area contributed by atoms with Crippen molar-refractivity contribution in [2.75, 3.05) is 457 Å². The first-order valence-electron chi connectivity index (χ1n) is 40.1. The Hall–Kier alpha value is -3.23. The second kappa shape index (κ2) is 96.2. The van der Waals surface area contributed by atoms with Crippen LogP contribution in [0.15, 0.2) is 6.07 Å². The maximum Gasteiger partial charge on any atom is 0.336 e. The maximum absolute atomic E-state index is 12.5. The summed E-state index contributed by atoms with van der Waals surface area (Å²) in [6.07, 6.45) is 0. The fourth-order valence-electron chi connectivity index (χ4n) is 8.64. The van der Waals surface area contributed by atoms with Crippen LogP contribution in [0.5, 0.6) is 17.2 Å². The lowest BCUT2D eigenvalue weighted by Gasteiger charge is -2.20. The van der Waals surface area contributed by atoms with Crippen molar-refractivity contribution in [2.45, 2.75) is 6.92 Å². The molecule has 0 aliphatic rings. The monoisotopic (exact) mass is 1680 g/mol. The van der Waals surface area contributed by atoms with Gasteiger partial charge in [-0.05, 0) is 13.0 Å². The third-order valence-electron chi connectivity index (χ3n) is 14.5. The highest BCUT2D eigenvalue weighted by atomic mass is 16.6. The van der Waals surface area contributed by atoms with E-state index >= 15 is 0 Å². The van der Waals surface area contributed by atoms with Gasteiger partial charge in [0.2, 0.25) is 5.75 Å².